The molecule has 11 heavy (non-hydrogen) atoms. The van der Waals surface area contributed by atoms with Crippen molar-refractivity contribution in [3.8, 4) is 0 Å². The van der Waals surface area contributed by atoms with Gasteiger partial charge in [0.1, 0.15) is 0 Å². The minimum Gasteiger partial charge on any atom is -0.395 e. The van der Waals surface area contributed by atoms with Crippen LogP contribution in [-0.2, 0) is 0 Å². The van der Waals surface area contributed by atoms with E-state index in [1.54, 1.807) is 0 Å². The van der Waals surface area contributed by atoms with Crippen LogP contribution in [0.15, 0.2) is 0 Å². The zero-order valence-electron chi connectivity index (χ0n) is 5.86. The van der Waals surface area contributed by atoms with Crippen molar-refractivity contribution in [3.63, 3.8) is 0 Å². The number of aliphatic hydroxyl groups is 1. The van der Waals surface area contributed by atoms with Gasteiger partial charge in [-0.2, -0.15) is 13.2 Å². The maximum absolute atomic E-state index is 12.0. The third-order valence-corrected chi connectivity index (χ3v) is 1.96. The molecule has 1 rings (SSSR count). The summed E-state index contributed by atoms with van der Waals surface area (Å²) in [5.41, 5.74) is 0. The predicted molar refractivity (Wildman–Crippen MR) is 33.0 cm³/mol. The van der Waals surface area contributed by atoms with Crippen LogP contribution >= 0.6 is 0 Å². The van der Waals surface area contributed by atoms with Gasteiger partial charge in [-0.1, -0.05) is 0 Å². The molecular weight excluding hydrogens is 159 g/mol. The van der Waals surface area contributed by atoms with E-state index in [-0.39, 0.29) is 6.42 Å². The van der Waals surface area contributed by atoms with E-state index in [1.165, 1.54) is 0 Å². The molecular formula is C6H10F3NO. The molecule has 1 heterocycles. The van der Waals surface area contributed by atoms with Gasteiger partial charge in [0.25, 0.3) is 0 Å². The fourth-order valence-corrected chi connectivity index (χ4v) is 1.35. The highest BCUT2D eigenvalue weighted by Crippen LogP contribution is 2.33. The first kappa shape index (κ1) is 8.80. The van der Waals surface area contributed by atoms with Crippen LogP contribution in [0.4, 0.5) is 13.2 Å². The maximum atomic E-state index is 12.0. The lowest BCUT2D eigenvalue weighted by atomic mass is 10.0. The molecule has 0 aromatic rings. The summed E-state index contributed by atoms with van der Waals surface area (Å²) < 4.78 is 36.1. The number of alkyl halides is 3. The number of hydrogen-bond acceptors (Lipinski definition) is 2. The van der Waals surface area contributed by atoms with Crippen LogP contribution in [0.25, 0.3) is 0 Å². The Morgan fingerprint density at radius 1 is 1.45 bits per heavy atom. The van der Waals surface area contributed by atoms with E-state index < -0.39 is 24.7 Å². The Balaban J connectivity index is 2.57. The lowest BCUT2D eigenvalue weighted by Crippen LogP contribution is -2.38. The number of rotatable bonds is 1. The predicted octanol–water partition coefficient (Wildman–Crippen LogP) is 0.519. The Kier molecular flexibility index (Phi) is 2.39. The van der Waals surface area contributed by atoms with E-state index in [1.807, 2.05) is 0 Å². The van der Waals surface area contributed by atoms with Gasteiger partial charge < -0.3 is 10.4 Å². The third-order valence-electron chi connectivity index (χ3n) is 1.96. The molecule has 66 valence electrons. The van der Waals surface area contributed by atoms with Gasteiger partial charge in [-0.3, -0.25) is 0 Å². The van der Waals surface area contributed by atoms with Crippen LogP contribution in [0.2, 0.25) is 0 Å². The fourth-order valence-electron chi connectivity index (χ4n) is 1.35. The van der Waals surface area contributed by atoms with Gasteiger partial charge >= 0.3 is 6.18 Å². The molecule has 0 spiro atoms. The van der Waals surface area contributed by atoms with Crippen molar-refractivity contribution < 1.29 is 18.3 Å². The summed E-state index contributed by atoms with van der Waals surface area (Å²) >= 11 is 0. The average molecular weight is 169 g/mol. The van der Waals surface area contributed by atoms with Crippen LogP contribution in [0.3, 0.4) is 0 Å². The molecule has 5 heteroatoms. The molecule has 2 N–H and O–H groups in total. The molecule has 0 aromatic heterocycles. The highest BCUT2D eigenvalue weighted by atomic mass is 19.4. The summed E-state index contributed by atoms with van der Waals surface area (Å²) in [6, 6.07) is -0.796. The van der Waals surface area contributed by atoms with E-state index in [2.05, 4.69) is 5.32 Å². The summed E-state index contributed by atoms with van der Waals surface area (Å²) in [6.45, 7) is -0.0976. The number of hydrogen-bond donors (Lipinski definition) is 2. The number of halogens is 3. The molecule has 1 fully saturated rings. The van der Waals surface area contributed by atoms with Crippen molar-refractivity contribution in [2.24, 2.45) is 5.92 Å². The molecule has 0 radical (unpaired) electrons. The molecule has 1 saturated heterocycles. The molecule has 2 nitrogen and oxygen atoms in total. The lowest BCUT2D eigenvalue weighted by Gasteiger charge is -2.19. The largest absolute Gasteiger partial charge is 0.395 e. The SMILES string of the molecule is OC[C@@H]1NCC[C@@H]1C(F)(F)F. The Morgan fingerprint density at radius 2 is 2.09 bits per heavy atom. The fraction of sp³-hybridized carbons (Fsp3) is 1.00. The van der Waals surface area contributed by atoms with Crippen molar-refractivity contribution in [2.45, 2.75) is 18.6 Å². The summed E-state index contributed by atoms with van der Waals surface area (Å²) in [5.74, 6) is -1.37. The first-order valence-electron chi connectivity index (χ1n) is 3.46. The van der Waals surface area contributed by atoms with Gasteiger partial charge in [0.15, 0.2) is 0 Å². The lowest BCUT2D eigenvalue weighted by molar-refractivity contribution is -0.178. The summed E-state index contributed by atoms with van der Waals surface area (Å²) in [6.07, 6.45) is -4.09. The van der Waals surface area contributed by atoms with Crippen LogP contribution in [0.1, 0.15) is 6.42 Å². The molecule has 0 amide bonds. The second kappa shape index (κ2) is 2.98. The zero-order valence-corrected chi connectivity index (χ0v) is 5.86. The summed E-state index contributed by atoms with van der Waals surface area (Å²) in [5, 5.41) is 11.1. The highest BCUT2D eigenvalue weighted by molar-refractivity contribution is 4.87. The highest BCUT2D eigenvalue weighted by Gasteiger charge is 2.46. The Morgan fingerprint density at radius 3 is 2.45 bits per heavy atom. The Labute approximate surface area is 62.4 Å². The van der Waals surface area contributed by atoms with Crippen LogP contribution in [-0.4, -0.2) is 30.5 Å². The van der Waals surface area contributed by atoms with Crippen LogP contribution in [0, 0.1) is 5.92 Å². The molecule has 2 atom stereocenters. The van der Waals surface area contributed by atoms with E-state index >= 15 is 0 Å². The minimum atomic E-state index is -4.17. The summed E-state index contributed by atoms with van der Waals surface area (Å²) in [4.78, 5) is 0. The molecule has 0 saturated carbocycles. The van der Waals surface area contributed by atoms with E-state index in [0.29, 0.717) is 6.54 Å². The monoisotopic (exact) mass is 169 g/mol. The van der Waals surface area contributed by atoms with E-state index in [0.717, 1.165) is 0 Å². The molecule has 0 aliphatic carbocycles. The third kappa shape index (κ3) is 1.84. The van der Waals surface area contributed by atoms with Gasteiger partial charge in [0.05, 0.1) is 12.5 Å². The average Bonchev–Trinajstić information content (AvgIpc) is 2.31. The number of aliphatic hydroxyl groups excluding tert-OH is 1. The zero-order chi connectivity index (χ0) is 8.48. The molecule has 0 aromatic carbocycles. The van der Waals surface area contributed by atoms with Crippen LogP contribution in [0.5, 0.6) is 0 Å². The second-order valence-corrected chi connectivity index (χ2v) is 2.68. The molecule has 1 aliphatic rings. The van der Waals surface area contributed by atoms with Crippen molar-refractivity contribution in [1.82, 2.24) is 5.32 Å². The van der Waals surface area contributed by atoms with Gasteiger partial charge in [0, 0.05) is 6.04 Å². The number of nitrogens with one attached hydrogen (secondary N) is 1. The normalized spacial score (nSPS) is 32.7. The van der Waals surface area contributed by atoms with Crippen molar-refractivity contribution in [3.05, 3.63) is 0 Å². The second-order valence-electron chi connectivity index (χ2n) is 2.68. The molecule has 0 bridgehead atoms. The Hall–Kier alpha value is -0.290. The van der Waals surface area contributed by atoms with E-state index in [9.17, 15) is 13.2 Å². The maximum Gasteiger partial charge on any atom is 0.393 e. The van der Waals surface area contributed by atoms with E-state index in [4.69, 9.17) is 5.11 Å². The van der Waals surface area contributed by atoms with Crippen molar-refractivity contribution in [2.75, 3.05) is 13.2 Å². The van der Waals surface area contributed by atoms with Crippen molar-refractivity contribution in [1.29, 1.82) is 0 Å². The topological polar surface area (TPSA) is 32.3 Å². The standard InChI is InChI=1S/C6H10F3NO/c7-6(8,9)4-1-2-10-5(4)3-11/h4-5,10-11H,1-3H2/t4-,5-/m0/s1. The van der Waals surface area contributed by atoms with Crippen LogP contribution < -0.4 is 5.32 Å². The molecule has 1 aliphatic heterocycles. The first-order chi connectivity index (χ1) is 5.05. The smallest absolute Gasteiger partial charge is 0.393 e. The molecule has 0 unspecified atom stereocenters. The quantitative estimate of drug-likeness (QED) is 0.599. The minimum absolute atomic E-state index is 0.0781. The van der Waals surface area contributed by atoms with Gasteiger partial charge in [0.2, 0.25) is 0 Å². The Bertz CT molecular complexity index is 136. The first-order valence-corrected chi connectivity index (χ1v) is 3.46. The summed E-state index contributed by atoms with van der Waals surface area (Å²) in [7, 11) is 0. The van der Waals surface area contributed by atoms with Gasteiger partial charge in [-0.25, -0.2) is 0 Å². The van der Waals surface area contributed by atoms with Crippen molar-refractivity contribution >= 4 is 0 Å². The van der Waals surface area contributed by atoms with Gasteiger partial charge in [-0.05, 0) is 13.0 Å². The van der Waals surface area contributed by atoms with Gasteiger partial charge in [-0.15, -0.1) is 0 Å².